The van der Waals surface area contributed by atoms with Crippen molar-refractivity contribution in [2.75, 3.05) is 24.7 Å². The van der Waals surface area contributed by atoms with E-state index in [1.54, 1.807) is 0 Å². The topological polar surface area (TPSA) is 63.1 Å². The minimum absolute atomic E-state index is 0.0121. The first kappa shape index (κ1) is 20.9. The molecule has 0 bridgehead atoms. The van der Waals surface area contributed by atoms with Crippen molar-refractivity contribution in [3.63, 3.8) is 0 Å². The molecule has 152 valence electrons. The van der Waals surface area contributed by atoms with Crippen LogP contribution in [0.25, 0.3) is 0 Å². The maximum Gasteiger partial charge on any atom is 0.230 e. The molecule has 0 unspecified atom stereocenters. The van der Waals surface area contributed by atoms with Crippen molar-refractivity contribution >= 4 is 23.4 Å². The van der Waals surface area contributed by atoms with Gasteiger partial charge in [0.15, 0.2) is 5.16 Å². The van der Waals surface area contributed by atoms with Crippen LogP contribution in [0.4, 0.5) is 5.69 Å². The van der Waals surface area contributed by atoms with E-state index < -0.39 is 0 Å². The Labute approximate surface area is 176 Å². The lowest BCUT2D eigenvalue weighted by atomic mass is 10.1. The molecule has 0 radical (unpaired) electrons. The SMILES string of the molecule is CCn1c(Cc2ccccc2)nnc1SCC(=O)NCc1ccc(N(C)C)cc1. The summed E-state index contributed by atoms with van der Waals surface area (Å²) in [6, 6.07) is 18.4. The van der Waals surface area contributed by atoms with Crippen molar-refractivity contribution in [3.8, 4) is 0 Å². The molecule has 0 saturated carbocycles. The normalized spacial score (nSPS) is 10.7. The molecule has 7 heteroatoms. The molecule has 3 aromatic rings. The van der Waals surface area contributed by atoms with Crippen molar-refractivity contribution < 1.29 is 4.79 Å². The van der Waals surface area contributed by atoms with Gasteiger partial charge in [-0.05, 0) is 30.2 Å². The first-order chi connectivity index (χ1) is 14.1. The van der Waals surface area contributed by atoms with Gasteiger partial charge in [0, 0.05) is 39.3 Å². The van der Waals surface area contributed by atoms with Crippen LogP contribution in [0.1, 0.15) is 23.9 Å². The number of thioether (sulfide) groups is 1. The van der Waals surface area contributed by atoms with Crippen LogP contribution in [-0.4, -0.2) is 40.5 Å². The number of anilines is 1. The van der Waals surface area contributed by atoms with E-state index in [0.29, 0.717) is 12.3 Å². The molecular weight excluding hydrogens is 382 g/mol. The van der Waals surface area contributed by atoms with E-state index in [2.05, 4.69) is 44.0 Å². The van der Waals surface area contributed by atoms with E-state index in [9.17, 15) is 4.79 Å². The highest BCUT2D eigenvalue weighted by atomic mass is 32.2. The average molecular weight is 410 g/mol. The minimum Gasteiger partial charge on any atom is -0.378 e. The van der Waals surface area contributed by atoms with Crippen LogP contribution in [0, 0.1) is 0 Å². The van der Waals surface area contributed by atoms with Crippen molar-refractivity contribution in [2.45, 2.75) is 31.6 Å². The van der Waals surface area contributed by atoms with Gasteiger partial charge in [-0.2, -0.15) is 0 Å². The minimum atomic E-state index is -0.0121. The maximum absolute atomic E-state index is 12.3. The van der Waals surface area contributed by atoms with Crippen LogP contribution in [0.5, 0.6) is 0 Å². The number of nitrogens with zero attached hydrogens (tertiary/aromatic N) is 4. The smallest absolute Gasteiger partial charge is 0.230 e. The van der Waals surface area contributed by atoms with Crippen LogP contribution in [0.15, 0.2) is 59.8 Å². The highest BCUT2D eigenvalue weighted by molar-refractivity contribution is 7.99. The lowest BCUT2D eigenvalue weighted by Gasteiger charge is -2.13. The second kappa shape index (κ2) is 10.1. The molecule has 0 fully saturated rings. The second-order valence-electron chi connectivity index (χ2n) is 6.93. The van der Waals surface area contributed by atoms with Crippen LogP contribution in [0.3, 0.4) is 0 Å². The fraction of sp³-hybridized carbons (Fsp3) is 0.318. The van der Waals surface area contributed by atoms with Crippen molar-refractivity contribution in [2.24, 2.45) is 0 Å². The van der Waals surface area contributed by atoms with E-state index in [-0.39, 0.29) is 5.91 Å². The molecule has 2 aromatic carbocycles. The number of carbonyl (C=O) groups excluding carboxylic acids is 1. The maximum atomic E-state index is 12.3. The lowest BCUT2D eigenvalue weighted by Crippen LogP contribution is -2.24. The third kappa shape index (κ3) is 5.84. The summed E-state index contributed by atoms with van der Waals surface area (Å²) in [5, 5.41) is 12.4. The first-order valence-electron chi connectivity index (χ1n) is 9.68. The molecular formula is C22H27N5OS. The first-order valence-corrected chi connectivity index (χ1v) is 10.7. The lowest BCUT2D eigenvalue weighted by molar-refractivity contribution is -0.118. The van der Waals surface area contributed by atoms with E-state index >= 15 is 0 Å². The summed E-state index contributed by atoms with van der Waals surface area (Å²) >= 11 is 1.42. The number of nitrogens with one attached hydrogen (secondary N) is 1. The van der Waals surface area contributed by atoms with Crippen LogP contribution in [-0.2, 0) is 24.3 Å². The summed E-state index contributed by atoms with van der Waals surface area (Å²) in [6.45, 7) is 3.36. The Hall–Kier alpha value is -2.80. The number of rotatable bonds is 9. The van der Waals surface area contributed by atoms with Crippen molar-refractivity contribution in [1.82, 2.24) is 20.1 Å². The largest absolute Gasteiger partial charge is 0.378 e. The van der Waals surface area contributed by atoms with Gasteiger partial charge in [0.25, 0.3) is 0 Å². The molecule has 1 amide bonds. The molecule has 6 nitrogen and oxygen atoms in total. The molecule has 0 aliphatic carbocycles. The molecule has 1 aromatic heterocycles. The summed E-state index contributed by atoms with van der Waals surface area (Å²) in [6.07, 6.45) is 0.734. The number of carbonyl (C=O) groups is 1. The summed E-state index contributed by atoms with van der Waals surface area (Å²) < 4.78 is 2.07. The number of hydrogen-bond acceptors (Lipinski definition) is 5. The summed E-state index contributed by atoms with van der Waals surface area (Å²) in [7, 11) is 4.02. The summed E-state index contributed by atoms with van der Waals surface area (Å²) in [5.74, 6) is 1.23. The van der Waals surface area contributed by atoms with E-state index in [1.807, 2.05) is 56.6 Å². The molecule has 0 spiro atoms. The van der Waals surface area contributed by atoms with Crippen LogP contribution in [0.2, 0.25) is 0 Å². The quantitative estimate of drug-likeness (QED) is 0.549. The molecule has 0 saturated heterocycles. The van der Waals surface area contributed by atoms with E-state index in [4.69, 9.17) is 0 Å². The van der Waals surface area contributed by atoms with Gasteiger partial charge in [-0.15, -0.1) is 10.2 Å². The molecule has 29 heavy (non-hydrogen) atoms. The highest BCUT2D eigenvalue weighted by Gasteiger charge is 2.13. The Kier molecular flexibility index (Phi) is 7.30. The number of amides is 1. The van der Waals surface area contributed by atoms with Gasteiger partial charge >= 0.3 is 0 Å². The Morgan fingerprint density at radius 1 is 1.03 bits per heavy atom. The molecule has 3 rings (SSSR count). The zero-order valence-corrected chi connectivity index (χ0v) is 17.9. The van der Waals surface area contributed by atoms with Gasteiger partial charge in [0.05, 0.1) is 5.75 Å². The van der Waals surface area contributed by atoms with E-state index in [1.165, 1.54) is 17.3 Å². The fourth-order valence-electron chi connectivity index (χ4n) is 2.95. The monoisotopic (exact) mass is 409 g/mol. The van der Waals surface area contributed by atoms with E-state index in [0.717, 1.165) is 35.2 Å². The Bertz CT molecular complexity index is 922. The summed E-state index contributed by atoms with van der Waals surface area (Å²) in [4.78, 5) is 14.3. The molecule has 0 aliphatic heterocycles. The number of aromatic nitrogens is 3. The van der Waals surface area contributed by atoms with Gasteiger partial charge in [0.1, 0.15) is 5.82 Å². The van der Waals surface area contributed by atoms with Crippen LogP contribution < -0.4 is 10.2 Å². The van der Waals surface area contributed by atoms with Gasteiger partial charge in [0.2, 0.25) is 5.91 Å². The highest BCUT2D eigenvalue weighted by Crippen LogP contribution is 2.19. The molecule has 1 heterocycles. The van der Waals surface area contributed by atoms with Gasteiger partial charge < -0.3 is 14.8 Å². The zero-order chi connectivity index (χ0) is 20.6. The standard InChI is InChI=1S/C22H27N5OS/c1-4-27-20(14-17-8-6-5-7-9-17)24-25-22(27)29-16-21(28)23-15-18-10-12-19(13-11-18)26(2)3/h5-13H,4,14-16H2,1-3H3,(H,23,28). The zero-order valence-electron chi connectivity index (χ0n) is 17.1. The van der Waals surface area contributed by atoms with Gasteiger partial charge in [-0.25, -0.2) is 0 Å². The predicted octanol–water partition coefficient (Wildman–Crippen LogP) is 3.36. The third-order valence-electron chi connectivity index (χ3n) is 4.59. The van der Waals surface area contributed by atoms with Gasteiger partial charge in [-0.3, -0.25) is 4.79 Å². The second-order valence-corrected chi connectivity index (χ2v) is 7.87. The Morgan fingerprint density at radius 2 is 1.76 bits per heavy atom. The molecule has 1 N–H and O–H groups in total. The Morgan fingerprint density at radius 3 is 2.41 bits per heavy atom. The predicted molar refractivity (Wildman–Crippen MR) is 118 cm³/mol. The molecule has 0 atom stereocenters. The number of hydrogen-bond donors (Lipinski definition) is 1. The van der Waals surface area contributed by atoms with Crippen molar-refractivity contribution in [3.05, 3.63) is 71.5 Å². The van der Waals surface area contributed by atoms with Crippen LogP contribution >= 0.6 is 11.8 Å². The number of benzene rings is 2. The molecule has 0 aliphatic rings. The summed E-state index contributed by atoms with van der Waals surface area (Å²) in [5.41, 5.74) is 3.42. The fourth-order valence-corrected chi connectivity index (χ4v) is 3.80. The third-order valence-corrected chi connectivity index (χ3v) is 5.56. The van der Waals surface area contributed by atoms with Gasteiger partial charge in [-0.1, -0.05) is 54.2 Å². The Balaban J connectivity index is 1.52. The van der Waals surface area contributed by atoms with Crippen molar-refractivity contribution in [1.29, 1.82) is 0 Å². The average Bonchev–Trinajstić information content (AvgIpc) is 3.13.